The van der Waals surface area contributed by atoms with Gasteiger partial charge in [-0.1, -0.05) is 0 Å². The van der Waals surface area contributed by atoms with E-state index >= 15 is 0 Å². The number of rotatable bonds is 6. The SMILES string of the molecule is COC(=O)C1=C(Nc2ccc(F)c(C(=O)O)c2)C(=O)N(CCO)C1. The van der Waals surface area contributed by atoms with E-state index in [9.17, 15) is 18.8 Å². The van der Waals surface area contributed by atoms with E-state index in [4.69, 9.17) is 10.2 Å². The monoisotopic (exact) mass is 338 g/mol. The van der Waals surface area contributed by atoms with Crippen LogP contribution in [0.15, 0.2) is 29.5 Å². The second kappa shape index (κ2) is 7.09. The maximum absolute atomic E-state index is 13.4. The maximum Gasteiger partial charge on any atom is 0.338 e. The van der Waals surface area contributed by atoms with Crippen molar-refractivity contribution in [2.24, 2.45) is 0 Å². The summed E-state index contributed by atoms with van der Waals surface area (Å²) in [5.74, 6) is -3.66. The standard InChI is InChI=1S/C15H15FN2O6/c1-24-15(23)10-7-18(4-5-19)13(20)12(10)17-8-2-3-11(16)9(6-8)14(21)22/h2-3,6,17,19H,4-5,7H2,1H3,(H,21,22). The minimum absolute atomic E-state index is 0.0221. The van der Waals surface area contributed by atoms with Crippen molar-refractivity contribution in [3.63, 3.8) is 0 Å². The van der Waals surface area contributed by atoms with Crippen LogP contribution in [0.2, 0.25) is 0 Å². The first-order valence-electron chi connectivity index (χ1n) is 6.90. The Morgan fingerprint density at radius 3 is 2.71 bits per heavy atom. The van der Waals surface area contributed by atoms with Crippen molar-refractivity contribution >= 4 is 23.5 Å². The van der Waals surface area contributed by atoms with E-state index in [0.717, 1.165) is 19.2 Å². The average Bonchev–Trinajstić information content (AvgIpc) is 2.85. The highest BCUT2D eigenvalue weighted by atomic mass is 19.1. The molecule has 1 aromatic rings. The summed E-state index contributed by atoms with van der Waals surface area (Å²) in [4.78, 5) is 36.3. The maximum atomic E-state index is 13.4. The number of nitrogens with zero attached hydrogens (tertiary/aromatic N) is 1. The number of aromatic carboxylic acids is 1. The zero-order valence-electron chi connectivity index (χ0n) is 12.7. The highest BCUT2D eigenvalue weighted by Crippen LogP contribution is 2.24. The van der Waals surface area contributed by atoms with Gasteiger partial charge >= 0.3 is 11.9 Å². The Balaban J connectivity index is 2.37. The fourth-order valence-corrected chi connectivity index (χ4v) is 2.26. The van der Waals surface area contributed by atoms with Gasteiger partial charge in [-0.25, -0.2) is 14.0 Å². The average molecular weight is 338 g/mol. The summed E-state index contributed by atoms with van der Waals surface area (Å²) in [6, 6.07) is 3.20. The van der Waals surface area contributed by atoms with Crippen molar-refractivity contribution in [1.82, 2.24) is 4.90 Å². The summed E-state index contributed by atoms with van der Waals surface area (Å²) >= 11 is 0. The number of amides is 1. The summed E-state index contributed by atoms with van der Waals surface area (Å²) in [5, 5.41) is 20.6. The molecule has 0 saturated heterocycles. The number of carboxylic acid groups (broad SMARTS) is 1. The highest BCUT2D eigenvalue weighted by Gasteiger charge is 2.34. The van der Waals surface area contributed by atoms with E-state index in [-0.39, 0.29) is 36.7 Å². The van der Waals surface area contributed by atoms with Gasteiger partial charge in [0.1, 0.15) is 11.5 Å². The number of anilines is 1. The van der Waals surface area contributed by atoms with E-state index in [0.29, 0.717) is 0 Å². The molecule has 0 atom stereocenters. The first kappa shape index (κ1) is 17.4. The molecular formula is C15H15FN2O6. The zero-order chi connectivity index (χ0) is 17.9. The van der Waals surface area contributed by atoms with Gasteiger partial charge in [-0.3, -0.25) is 4.79 Å². The molecule has 0 unspecified atom stereocenters. The molecule has 0 aromatic heterocycles. The van der Waals surface area contributed by atoms with E-state index < -0.39 is 29.2 Å². The molecule has 0 spiro atoms. The van der Waals surface area contributed by atoms with Crippen LogP contribution in [0, 0.1) is 5.82 Å². The predicted octanol–water partition coefficient (Wildman–Crippen LogP) is 0.197. The Bertz CT molecular complexity index is 731. The van der Waals surface area contributed by atoms with Gasteiger partial charge in [0.2, 0.25) is 0 Å². The molecule has 2 rings (SSSR count). The molecule has 1 aliphatic rings. The lowest BCUT2D eigenvalue weighted by Crippen LogP contribution is -2.31. The molecule has 0 bridgehead atoms. The minimum atomic E-state index is -1.46. The van der Waals surface area contributed by atoms with Gasteiger partial charge in [0.15, 0.2) is 0 Å². The molecule has 0 radical (unpaired) electrons. The number of aliphatic hydroxyl groups excluding tert-OH is 1. The third kappa shape index (κ3) is 3.35. The summed E-state index contributed by atoms with van der Waals surface area (Å²) < 4.78 is 18.1. The molecule has 3 N–H and O–H groups in total. The Morgan fingerprint density at radius 1 is 1.42 bits per heavy atom. The molecule has 0 saturated carbocycles. The number of β-amino-alcohol motifs (C(OH)–C–C–N with tert-alkyl or cyclic N) is 1. The van der Waals surface area contributed by atoms with Crippen LogP contribution >= 0.6 is 0 Å². The van der Waals surface area contributed by atoms with Gasteiger partial charge in [0, 0.05) is 12.2 Å². The topological polar surface area (TPSA) is 116 Å². The van der Waals surface area contributed by atoms with Crippen molar-refractivity contribution in [3.8, 4) is 0 Å². The van der Waals surface area contributed by atoms with Crippen LogP contribution in [0.5, 0.6) is 0 Å². The van der Waals surface area contributed by atoms with Crippen LogP contribution in [-0.2, 0) is 14.3 Å². The number of methoxy groups -OCH3 is 1. The second-order valence-electron chi connectivity index (χ2n) is 4.92. The molecule has 1 aromatic carbocycles. The van der Waals surface area contributed by atoms with Crippen molar-refractivity contribution in [2.75, 3.05) is 32.1 Å². The quantitative estimate of drug-likeness (QED) is 0.634. The molecular weight excluding hydrogens is 323 g/mol. The fourth-order valence-electron chi connectivity index (χ4n) is 2.26. The number of carboxylic acids is 1. The number of halogens is 1. The molecule has 0 aliphatic carbocycles. The lowest BCUT2D eigenvalue weighted by molar-refractivity contribution is -0.136. The first-order valence-corrected chi connectivity index (χ1v) is 6.90. The van der Waals surface area contributed by atoms with E-state index in [1.54, 1.807) is 0 Å². The Kier molecular flexibility index (Phi) is 5.14. The van der Waals surface area contributed by atoms with E-state index in [1.165, 1.54) is 11.0 Å². The highest BCUT2D eigenvalue weighted by molar-refractivity contribution is 6.08. The lowest BCUT2D eigenvalue weighted by atomic mass is 10.1. The largest absolute Gasteiger partial charge is 0.478 e. The van der Waals surface area contributed by atoms with Crippen molar-refractivity contribution in [1.29, 1.82) is 0 Å². The molecule has 24 heavy (non-hydrogen) atoms. The second-order valence-corrected chi connectivity index (χ2v) is 4.92. The number of hydrogen-bond donors (Lipinski definition) is 3. The number of benzene rings is 1. The first-order chi connectivity index (χ1) is 11.4. The van der Waals surface area contributed by atoms with Gasteiger partial charge < -0.3 is 25.2 Å². The van der Waals surface area contributed by atoms with Crippen LogP contribution in [0.4, 0.5) is 10.1 Å². The Labute approximate surface area is 136 Å². The van der Waals surface area contributed by atoms with Crippen LogP contribution in [0.25, 0.3) is 0 Å². The number of aliphatic hydroxyl groups is 1. The van der Waals surface area contributed by atoms with Gasteiger partial charge in [-0.05, 0) is 18.2 Å². The molecule has 8 nitrogen and oxygen atoms in total. The summed E-state index contributed by atoms with van der Waals surface area (Å²) in [7, 11) is 1.16. The van der Waals surface area contributed by atoms with Crippen molar-refractivity contribution in [2.45, 2.75) is 0 Å². The third-order valence-corrected chi connectivity index (χ3v) is 3.42. The molecule has 1 aliphatic heterocycles. The van der Waals surface area contributed by atoms with Crippen molar-refractivity contribution < 1.29 is 33.7 Å². The number of ether oxygens (including phenoxy) is 1. The normalized spacial score (nSPS) is 14.1. The molecule has 128 valence electrons. The molecule has 1 amide bonds. The van der Waals surface area contributed by atoms with Gasteiger partial charge in [0.25, 0.3) is 5.91 Å². The van der Waals surface area contributed by atoms with Crippen LogP contribution in [0.1, 0.15) is 10.4 Å². The van der Waals surface area contributed by atoms with Gasteiger partial charge in [0.05, 0.1) is 31.4 Å². The lowest BCUT2D eigenvalue weighted by Gasteiger charge is -2.15. The van der Waals surface area contributed by atoms with Crippen LogP contribution in [-0.4, -0.2) is 59.8 Å². The number of carbonyl (C=O) groups excluding carboxylic acids is 2. The van der Waals surface area contributed by atoms with Gasteiger partial charge in [-0.15, -0.1) is 0 Å². The smallest absolute Gasteiger partial charge is 0.338 e. The van der Waals surface area contributed by atoms with Gasteiger partial charge in [-0.2, -0.15) is 0 Å². The fraction of sp³-hybridized carbons (Fsp3) is 0.267. The van der Waals surface area contributed by atoms with E-state index in [1.807, 2.05) is 0 Å². The summed E-state index contributed by atoms with van der Waals surface area (Å²) in [6.07, 6.45) is 0. The number of hydrogen-bond acceptors (Lipinski definition) is 6. The molecule has 0 fully saturated rings. The van der Waals surface area contributed by atoms with Crippen molar-refractivity contribution in [3.05, 3.63) is 40.8 Å². The van der Waals surface area contributed by atoms with Crippen LogP contribution in [0.3, 0.4) is 0 Å². The zero-order valence-corrected chi connectivity index (χ0v) is 12.7. The minimum Gasteiger partial charge on any atom is -0.478 e. The summed E-state index contributed by atoms with van der Waals surface area (Å²) in [6.45, 7) is -0.317. The molecule has 9 heteroatoms. The Hall–Kier alpha value is -2.94. The molecule has 1 heterocycles. The third-order valence-electron chi connectivity index (χ3n) is 3.42. The number of carbonyl (C=O) groups is 3. The predicted molar refractivity (Wildman–Crippen MR) is 79.7 cm³/mol. The van der Waals surface area contributed by atoms with E-state index in [2.05, 4.69) is 10.1 Å². The van der Waals surface area contributed by atoms with Crippen LogP contribution < -0.4 is 5.32 Å². The Morgan fingerprint density at radius 2 is 2.12 bits per heavy atom. The number of nitrogens with one attached hydrogen (secondary N) is 1. The summed E-state index contributed by atoms with van der Waals surface area (Å²) in [5.41, 5.74) is -0.502. The number of esters is 1.